The van der Waals surface area contributed by atoms with E-state index in [1.165, 1.54) is 6.07 Å². The molecule has 7 heteroatoms. The summed E-state index contributed by atoms with van der Waals surface area (Å²) in [4.78, 5) is 13.4. The molecule has 0 amide bonds. The quantitative estimate of drug-likeness (QED) is 0.161. The molecule has 0 N–H and O–H groups in total. The monoisotopic (exact) mass is 647 g/mol. The first-order valence-electron chi connectivity index (χ1n) is 15.6. The molecule has 48 heavy (non-hydrogen) atoms. The Labute approximate surface area is 277 Å². The van der Waals surface area contributed by atoms with Crippen LogP contribution in [0, 0.1) is 0 Å². The standard InChI is InChI=1S/C41H29NO5S/c1-42-35-23-13-12-22-34(35)37(39(42)36(28-15-4-2-5-16-28)29-17-6-3-7-18-29)38-32-20-10-11-21-33(32)40(43)46-41(38)47-48(44,45)31-25-24-27-14-8-9-19-30(27)26-31/h2-26,36H,1H3. The van der Waals surface area contributed by atoms with Gasteiger partial charge >= 0.3 is 21.7 Å². The van der Waals surface area contributed by atoms with Gasteiger partial charge < -0.3 is 13.2 Å². The smallest absolute Gasteiger partial charge is 0.346 e. The van der Waals surface area contributed by atoms with Crippen LogP contribution in [-0.4, -0.2) is 13.0 Å². The van der Waals surface area contributed by atoms with E-state index in [0.717, 1.165) is 44.1 Å². The van der Waals surface area contributed by atoms with Gasteiger partial charge in [-0.1, -0.05) is 127 Å². The fraction of sp³-hybridized carbons (Fsp3) is 0.0488. The highest BCUT2D eigenvalue weighted by molar-refractivity contribution is 7.87. The molecule has 0 bridgehead atoms. The molecule has 0 aliphatic rings. The molecule has 0 atom stereocenters. The Morgan fingerprint density at radius 3 is 1.85 bits per heavy atom. The normalized spacial score (nSPS) is 11.9. The summed E-state index contributed by atoms with van der Waals surface area (Å²) in [5, 5.41) is 3.33. The molecule has 0 fully saturated rings. The van der Waals surface area contributed by atoms with Gasteiger partial charge in [0.05, 0.1) is 10.9 Å². The Balaban J connectivity index is 1.45. The lowest BCUT2D eigenvalue weighted by atomic mass is 9.84. The summed E-state index contributed by atoms with van der Waals surface area (Å²) >= 11 is 0. The van der Waals surface area contributed by atoms with E-state index in [1.807, 2.05) is 104 Å². The number of rotatable bonds is 7. The molecule has 0 saturated heterocycles. The zero-order valence-electron chi connectivity index (χ0n) is 25.9. The van der Waals surface area contributed by atoms with Crippen molar-refractivity contribution in [2.24, 2.45) is 7.05 Å². The molecule has 6 nitrogen and oxygen atoms in total. The van der Waals surface area contributed by atoms with E-state index in [4.69, 9.17) is 8.60 Å². The second-order valence-electron chi connectivity index (χ2n) is 11.7. The summed E-state index contributed by atoms with van der Waals surface area (Å²) in [5.41, 5.74) is 4.32. The van der Waals surface area contributed by atoms with Gasteiger partial charge in [-0.15, -0.1) is 0 Å². The first-order chi connectivity index (χ1) is 23.4. The van der Waals surface area contributed by atoms with Crippen molar-refractivity contribution in [3.05, 3.63) is 179 Å². The number of fused-ring (bicyclic) bond motifs is 3. The van der Waals surface area contributed by atoms with Crippen LogP contribution in [0.4, 0.5) is 0 Å². The minimum Gasteiger partial charge on any atom is -0.388 e. The molecule has 0 radical (unpaired) electrons. The van der Waals surface area contributed by atoms with Crippen molar-refractivity contribution in [1.82, 2.24) is 4.57 Å². The average molecular weight is 648 g/mol. The number of nitrogens with zero attached hydrogens (tertiary/aromatic N) is 1. The highest BCUT2D eigenvalue weighted by Crippen LogP contribution is 2.48. The lowest BCUT2D eigenvalue weighted by Gasteiger charge is -2.23. The van der Waals surface area contributed by atoms with Crippen molar-refractivity contribution < 1.29 is 17.0 Å². The lowest BCUT2D eigenvalue weighted by molar-refractivity contribution is 0.364. The molecule has 234 valence electrons. The maximum absolute atomic E-state index is 14.0. The zero-order chi connectivity index (χ0) is 32.8. The molecule has 8 rings (SSSR count). The molecular formula is C41H29NO5S. The van der Waals surface area contributed by atoms with E-state index in [9.17, 15) is 13.2 Å². The molecule has 0 aliphatic heterocycles. The zero-order valence-corrected chi connectivity index (χ0v) is 26.7. The summed E-state index contributed by atoms with van der Waals surface area (Å²) in [6, 6.07) is 47.7. The van der Waals surface area contributed by atoms with Crippen LogP contribution < -0.4 is 9.81 Å². The van der Waals surface area contributed by atoms with E-state index in [0.29, 0.717) is 16.3 Å². The van der Waals surface area contributed by atoms with E-state index >= 15 is 0 Å². The van der Waals surface area contributed by atoms with Crippen LogP contribution in [0.15, 0.2) is 166 Å². The van der Waals surface area contributed by atoms with Crippen LogP contribution in [0.2, 0.25) is 0 Å². The number of para-hydroxylation sites is 1. The van der Waals surface area contributed by atoms with Crippen LogP contribution in [0.25, 0.3) is 43.6 Å². The van der Waals surface area contributed by atoms with Crippen LogP contribution in [-0.2, 0) is 17.2 Å². The molecular weight excluding hydrogens is 619 g/mol. The maximum Gasteiger partial charge on any atom is 0.346 e. The SMILES string of the molecule is Cn1c(C(c2ccccc2)c2ccccc2)c(-c2c(OS(=O)(=O)c3ccc4ccccc4c3)oc(=O)c3ccccc23)c2ccccc21. The molecule has 2 aromatic heterocycles. The Kier molecular flexibility index (Phi) is 7.19. The van der Waals surface area contributed by atoms with Gasteiger partial charge in [-0.3, -0.25) is 0 Å². The van der Waals surface area contributed by atoms with Gasteiger partial charge in [0.1, 0.15) is 4.90 Å². The number of hydrogen-bond donors (Lipinski definition) is 0. The van der Waals surface area contributed by atoms with Crippen LogP contribution in [0.3, 0.4) is 0 Å². The van der Waals surface area contributed by atoms with Crippen molar-refractivity contribution in [3.63, 3.8) is 0 Å². The van der Waals surface area contributed by atoms with Gasteiger partial charge in [-0.25, -0.2) is 4.79 Å². The summed E-state index contributed by atoms with van der Waals surface area (Å²) < 4.78 is 41.9. The third kappa shape index (κ3) is 4.96. The van der Waals surface area contributed by atoms with Crippen molar-refractivity contribution >= 4 is 42.6 Å². The molecule has 0 saturated carbocycles. The van der Waals surface area contributed by atoms with Gasteiger partial charge in [0.15, 0.2) is 0 Å². The lowest BCUT2D eigenvalue weighted by Crippen LogP contribution is -2.14. The Morgan fingerprint density at radius 1 is 0.604 bits per heavy atom. The van der Waals surface area contributed by atoms with Crippen LogP contribution >= 0.6 is 0 Å². The minimum atomic E-state index is -4.44. The largest absolute Gasteiger partial charge is 0.388 e. The molecule has 0 spiro atoms. The van der Waals surface area contributed by atoms with Crippen molar-refractivity contribution in [1.29, 1.82) is 0 Å². The third-order valence-corrected chi connectivity index (χ3v) is 10.1. The Morgan fingerprint density at radius 2 is 1.17 bits per heavy atom. The number of aromatic nitrogens is 1. The van der Waals surface area contributed by atoms with Crippen molar-refractivity contribution in [2.45, 2.75) is 10.8 Å². The fourth-order valence-corrected chi connectivity index (χ4v) is 7.68. The third-order valence-electron chi connectivity index (χ3n) is 8.94. The van der Waals surface area contributed by atoms with Crippen LogP contribution in [0.5, 0.6) is 5.95 Å². The van der Waals surface area contributed by atoms with E-state index in [2.05, 4.69) is 28.8 Å². The number of benzene rings is 6. The second-order valence-corrected chi connectivity index (χ2v) is 13.3. The topological polar surface area (TPSA) is 78.5 Å². The molecule has 0 unspecified atom stereocenters. The molecule has 8 aromatic rings. The summed E-state index contributed by atoms with van der Waals surface area (Å²) in [5.74, 6) is -0.653. The predicted octanol–water partition coefficient (Wildman–Crippen LogP) is 9.05. The summed E-state index contributed by atoms with van der Waals surface area (Å²) in [7, 11) is -2.44. The fourth-order valence-electron chi connectivity index (χ4n) is 6.76. The highest BCUT2D eigenvalue weighted by atomic mass is 32.2. The van der Waals surface area contributed by atoms with Crippen molar-refractivity contribution in [2.75, 3.05) is 0 Å². The molecule has 6 aromatic carbocycles. The maximum atomic E-state index is 14.0. The van der Waals surface area contributed by atoms with Gasteiger partial charge in [-0.2, -0.15) is 8.42 Å². The first kappa shape index (κ1) is 29.5. The van der Waals surface area contributed by atoms with E-state index < -0.39 is 15.7 Å². The molecule has 2 heterocycles. The Bertz CT molecular complexity index is 2600. The summed E-state index contributed by atoms with van der Waals surface area (Å²) in [6.07, 6.45) is 0. The van der Waals surface area contributed by atoms with Crippen molar-refractivity contribution in [3.8, 4) is 17.1 Å². The second kappa shape index (κ2) is 11.7. The van der Waals surface area contributed by atoms with Gasteiger partial charge in [-0.05, 0) is 46.2 Å². The number of aryl methyl sites for hydroxylation is 1. The van der Waals surface area contributed by atoms with Gasteiger partial charge in [0, 0.05) is 40.5 Å². The van der Waals surface area contributed by atoms with Crippen LogP contribution in [0.1, 0.15) is 22.7 Å². The number of hydrogen-bond acceptors (Lipinski definition) is 5. The van der Waals surface area contributed by atoms with E-state index in [-0.39, 0.29) is 16.8 Å². The van der Waals surface area contributed by atoms with Gasteiger partial charge in [0.25, 0.3) is 0 Å². The minimum absolute atomic E-state index is 0.0486. The van der Waals surface area contributed by atoms with E-state index in [1.54, 1.807) is 24.3 Å². The first-order valence-corrected chi connectivity index (χ1v) is 17.0. The Hall–Kier alpha value is -5.92. The van der Waals surface area contributed by atoms with Gasteiger partial charge in [0.2, 0.25) is 0 Å². The predicted molar refractivity (Wildman–Crippen MR) is 190 cm³/mol. The molecule has 0 aliphatic carbocycles. The summed E-state index contributed by atoms with van der Waals surface area (Å²) in [6.45, 7) is 0. The highest BCUT2D eigenvalue weighted by Gasteiger charge is 2.32. The average Bonchev–Trinajstić information content (AvgIpc) is 3.40.